The molecule has 0 aromatic carbocycles. The van der Waals surface area contributed by atoms with Crippen LogP contribution in [0.4, 0.5) is 0 Å². The first-order valence-electron chi connectivity index (χ1n) is 5.98. The fourth-order valence-electron chi connectivity index (χ4n) is 2.20. The Morgan fingerprint density at radius 2 is 2.33 bits per heavy atom. The van der Waals surface area contributed by atoms with Gasteiger partial charge in [0.2, 0.25) is 0 Å². The van der Waals surface area contributed by atoms with Crippen molar-refractivity contribution < 1.29 is 0 Å². The van der Waals surface area contributed by atoms with Gasteiger partial charge in [-0.2, -0.15) is 0 Å². The summed E-state index contributed by atoms with van der Waals surface area (Å²) in [5.74, 6) is 0.850. The molecule has 0 amide bonds. The Hall–Kier alpha value is -0.890. The number of piperidine rings is 1. The lowest BCUT2D eigenvalue weighted by Gasteiger charge is -2.27. The average molecular weight is 204 g/mol. The Labute approximate surface area is 92.1 Å². The van der Waals surface area contributed by atoms with Gasteiger partial charge in [-0.15, -0.1) is 0 Å². The number of aromatic nitrogens is 1. The largest absolute Gasteiger partial charge is 0.314 e. The maximum absolute atomic E-state index is 4.36. The van der Waals surface area contributed by atoms with Crippen molar-refractivity contribution in [2.45, 2.75) is 38.6 Å². The third-order valence-corrected chi connectivity index (χ3v) is 3.30. The molecule has 2 unspecified atom stereocenters. The van der Waals surface area contributed by atoms with Crippen LogP contribution in [0.2, 0.25) is 0 Å². The van der Waals surface area contributed by atoms with Crippen LogP contribution >= 0.6 is 0 Å². The highest BCUT2D eigenvalue weighted by molar-refractivity contribution is 5.03. The minimum absolute atomic E-state index is 0.719. The Kier molecular flexibility index (Phi) is 3.73. The van der Waals surface area contributed by atoms with E-state index in [0.29, 0.717) is 0 Å². The van der Waals surface area contributed by atoms with E-state index in [-0.39, 0.29) is 0 Å². The topological polar surface area (TPSA) is 24.9 Å². The van der Waals surface area contributed by atoms with Crippen LogP contribution in [0.1, 0.15) is 31.9 Å². The molecule has 1 saturated heterocycles. The van der Waals surface area contributed by atoms with E-state index < -0.39 is 0 Å². The molecule has 2 nitrogen and oxygen atoms in total. The maximum Gasteiger partial charge on any atom is 0.0403 e. The van der Waals surface area contributed by atoms with Gasteiger partial charge < -0.3 is 5.32 Å². The fraction of sp³-hybridized carbons (Fsp3) is 0.615. The molecule has 1 N–H and O–H groups in total. The van der Waals surface area contributed by atoms with Crippen molar-refractivity contribution in [3.63, 3.8) is 0 Å². The molecule has 2 heterocycles. The molecular formula is C13H20N2. The second-order valence-electron chi connectivity index (χ2n) is 4.61. The third kappa shape index (κ3) is 3.31. The van der Waals surface area contributed by atoms with E-state index in [2.05, 4.69) is 29.4 Å². The minimum atomic E-state index is 0.719. The summed E-state index contributed by atoms with van der Waals surface area (Å²) in [6.07, 6.45) is 6.99. The number of rotatable bonds is 3. The minimum Gasteiger partial charge on any atom is -0.314 e. The van der Waals surface area contributed by atoms with Crippen LogP contribution in [-0.2, 0) is 6.42 Å². The van der Waals surface area contributed by atoms with E-state index in [1.165, 1.54) is 31.5 Å². The molecular weight excluding hydrogens is 184 g/mol. The predicted octanol–water partition coefficient (Wildman–Crippen LogP) is 2.40. The van der Waals surface area contributed by atoms with Crippen LogP contribution in [0.25, 0.3) is 0 Å². The van der Waals surface area contributed by atoms with Gasteiger partial charge in [-0.25, -0.2) is 0 Å². The van der Waals surface area contributed by atoms with Crippen LogP contribution in [0.5, 0.6) is 0 Å². The fourth-order valence-corrected chi connectivity index (χ4v) is 2.20. The molecule has 1 aromatic rings. The van der Waals surface area contributed by atoms with Crippen molar-refractivity contribution in [3.8, 4) is 0 Å². The first-order valence-corrected chi connectivity index (χ1v) is 5.98. The summed E-state index contributed by atoms with van der Waals surface area (Å²) in [4.78, 5) is 4.36. The smallest absolute Gasteiger partial charge is 0.0403 e. The van der Waals surface area contributed by atoms with Gasteiger partial charge in [0.1, 0.15) is 0 Å². The number of nitrogens with one attached hydrogen (secondary N) is 1. The van der Waals surface area contributed by atoms with Gasteiger partial charge in [0.15, 0.2) is 0 Å². The van der Waals surface area contributed by atoms with Crippen LogP contribution in [0.15, 0.2) is 24.4 Å². The lowest BCUT2D eigenvalue weighted by molar-refractivity contribution is 0.309. The van der Waals surface area contributed by atoms with Gasteiger partial charge in [-0.1, -0.05) is 6.07 Å². The molecule has 0 bridgehead atoms. The zero-order valence-electron chi connectivity index (χ0n) is 9.45. The lowest BCUT2D eigenvalue weighted by Crippen LogP contribution is -2.36. The van der Waals surface area contributed by atoms with Crippen LogP contribution in [0.3, 0.4) is 0 Å². The monoisotopic (exact) mass is 204 g/mol. The summed E-state index contributed by atoms with van der Waals surface area (Å²) in [5.41, 5.74) is 1.23. The molecule has 2 heteroatoms. The summed E-state index contributed by atoms with van der Waals surface area (Å²) >= 11 is 0. The van der Waals surface area contributed by atoms with Gasteiger partial charge in [0, 0.05) is 17.9 Å². The highest BCUT2D eigenvalue weighted by Gasteiger charge is 2.16. The quantitative estimate of drug-likeness (QED) is 0.818. The van der Waals surface area contributed by atoms with Crippen molar-refractivity contribution in [1.82, 2.24) is 10.3 Å². The number of hydrogen-bond acceptors (Lipinski definition) is 2. The molecule has 0 saturated carbocycles. The second-order valence-corrected chi connectivity index (χ2v) is 4.61. The Balaban J connectivity index is 1.74. The number of hydrogen-bond donors (Lipinski definition) is 1. The second kappa shape index (κ2) is 5.26. The first kappa shape index (κ1) is 10.6. The van der Waals surface area contributed by atoms with Crippen molar-refractivity contribution >= 4 is 0 Å². The zero-order chi connectivity index (χ0) is 10.5. The summed E-state index contributed by atoms with van der Waals surface area (Å²) < 4.78 is 0. The van der Waals surface area contributed by atoms with Gasteiger partial charge in [0.25, 0.3) is 0 Å². The highest BCUT2D eigenvalue weighted by atomic mass is 14.9. The summed E-state index contributed by atoms with van der Waals surface area (Å²) in [6, 6.07) is 6.89. The zero-order valence-corrected chi connectivity index (χ0v) is 9.45. The summed E-state index contributed by atoms with van der Waals surface area (Å²) in [5, 5.41) is 3.55. The van der Waals surface area contributed by atoms with E-state index in [1.54, 1.807) is 0 Å². The Morgan fingerprint density at radius 3 is 3.00 bits per heavy atom. The Morgan fingerprint density at radius 1 is 1.40 bits per heavy atom. The summed E-state index contributed by atoms with van der Waals surface area (Å²) in [6.45, 7) is 3.46. The first-order chi connectivity index (χ1) is 7.34. The molecule has 15 heavy (non-hydrogen) atoms. The molecule has 1 fully saturated rings. The van der Waals surface area contributed by atoms with E-state index in [9.17, 15) is 0 Å². The number of aryl methyl sites for hydroxylation is 1. The maximum atomic E-state index is 4.36. The van der Waals surface area contributed by atoms with E-state index >= 15 is 0 Å². The molecule has 2 atom stereocenters. The molecule has 82 valence electrons. The van der Waals surface area contributed by atoms with Crippen LogP contribution in [-0.4, -0.2) is 17.6 Å². The van der Waals surface area contributed by atoms with E-state index in [4.69, 9.17) is 0 Å². The van der Waals surface area contributed by atoms with E-state index in [0.717, 1.165) is 18.4 Å². The SMILES string of the molecule is CC1CCC(CCc2ccccn2)CN1. The summed E-state index contributed by atoms with van der Waals surface area (Å²) in [7, 11) is 0. The number of nitrogens with zero attached hydrogens (tertiary/aromatic N) is 1. The van der Waals surface area contributed by atoms with Crippen LogP contribution in [0, 0.1) is 5.92 Å². The lowest BCUT2D eigenvalue weighted by atomic mass is 9.91. The molecule has 2 rings (SSSR count). The molecule has 1 aromatic heterocycles. The van der Waals surface area contributed by atoms with Gasteiger partial charge in [-0.05, 0) is 57.2 Å². The van der Waals surface area contributed by atoms with Crippen molar-refractivity contribution in [3.05, 3.63) is 30.1 Å². The molecule has 0 radical (unpaired) electrons. The molecule has 0 aliphatic carbocycles. The molecule has 0 spiro atoms. The van der Waals surface area contributed by atoms with Crippen molar-refractivity contribution in [1.29, 1.82) is 0 Å². The van der Waals surface area contributed by atoms with Crippen molar-refractivity contribution in [2.75, 3.05) is 6.54 Å². The van der Waals surface area contributed by atoms with Gasteiger partial charge in [0.05, 0.1) is 0 Å². The standard InChI is InChI=1S/C13H20N2/c1-11-5-6-12(10-15-11)7-8-13-4-2-3-9-14-13/h2-4,9,11-12,15H,5-8,10H2,1H3. The van der Waals surface area contributed by atoms with Crippen LogP contribution < -0.4 is 5.32 Å². The predicted molar refractivity (Wildman–Crippen MR) is 62.7 cm³/mol. The normalized spacial score (nSPS) is 26.5. The highest BCUT2D eigenvalue weighted by Crippen LogP contribution is 2.18. The average Bonchev–Trinajstić information content (AvgIpc) is 2.30. The third-order valence-electron chi connectivity index (χ3n) is 3.30. The van der Waals surface area contributed by atoms with E-state index in [1.807, 2.05) is 12.3 Å². The van der Waals surface area contributed by atoms with Crippen molar-refractivity contribution in [2.24, 2.45) is 5.92 Å². The van der Waals surface area contributed by atoms with Gasteiger partial charge >= 0.3 is 0 Å². The molecule has 1 aliphatic heterocycles. The Bertz CT molecular complexity index is 276. The number of pyridine rings is 1. The van der Waals surface area contributed by atoms with Gasteiger partial charge in [-0.3, -0.25) is 4.98 Å². The molecule has 1 aliphatic rings.